The van der Waals surface area contributed by atoms with Crippen molar-refractivity contribution in [1.82, 2.24) is 10.6 Å². The number of carbonyl (C=O) groups is 4. The van der Waals surface area contributed by atoms with Crippen LogP contribution in [0, 0.1) is 0 Å². The average molecular weight is 759 g/mol. The molecule has 0 saturated carbocycles. The minimum Gasteiger partial charge on any atom is -0.480 e. The van der Waals surface area contributed by atoms with Gasteiger partial charge < -0.3 is 25.6 Å². The number of rotatable bonds is 38. The standard InChI is InChI=1S/C45H78N2O7/c1-3-5-7-9-11-13-15-16-17-18-20-22-24-29-33-37-44(51)54-40(34-30-26-23-21-19-14-12-10-8-6-4-2)35-31-27-25-28-32-36-42(49)46-38-43(50)47-41(39-48)45(52)53/h12,14,16-17,21,23,30,34,40-41,48H,3-11,13,15,18-20,22,24-29,31-33,35-39H2,1-2H3,(H,46,49)(H,47,50)(H,52,53)/b14-12-,17-16-,23-21-,34-30-. The molecule has 0 aliphatic rings. The molecule has 0 bridgehead atoms. The van der Waals surface area contributed by atoms with Crippen molar-refractivity contribution < 1.29 is 34.1 Å². The Bertz CT molecular complexity index is 1050. The van der Waals surface area contributed by atoms with E-state index in [0.717, 1.165) is 77.0 Å². The third-order valence-electron chi connectivity index (χ3n) is 9.28. The number of carbonyl (C=O) groups excluding carboxylic acids is 3. The molecule has 0 saturated heterocycles. The van der Waals surface area contributed by atoms with Crippen LogP contribution in [0.3, 0.4) is 0 Å². The van der Waals surface area contributed by atoms with Crippen molar-refractivity contribution in [3.05, 3.63) is 48.6 Å². The number of hydrogen-bond donors (Lipinski definition) is 4. The number of esters is 1. The molecule has 310 valence electrons. The number of aliphatic hydroxyl groups is 1. The molecule has 0 fully saturated rings. The Morgan fingerprint density at radius 2 is 1.06 bits per heavy atom. The van der Waals surface area contributed by atoms with Gasteiger partial charge in [0.1, 0.15) is 12.1 Å². The molecule has 0 radical (unpaired) electrons. The van der Waals surface area contributed by atoms with E-state index >= 15 is 0 Å². The number of nitrogens with one attached hydrogen (secondary N) is 2. The van der Waals surface area contributed by atoms with Crippen LogP contribution in [0.4, 0.5) is 0 Å². The zero-order chi connectivity index (χ0) is 39.7. The molecular weight excluding hydrogens is 681 g/mol. The van der Waals surface area contributed by atoms with Crippen molar-refractivity contribution in [2.45, 2.75) is 199 Å². The first-order chi connectivity index (χ1) is 26.3. The van der Waals surface area contributed by atoms with Gasteiger partial charge in [0.15, 0.2) is 0 Å². The summed E-state index contributed by atoms with van der Waals surface area (Å²) in [6.07, 6.45) is 45.8. The lowest BCUT2D eigenvalue weighted by atomic mass is 10.1. The molecule has 2 unspecified atom stereocenters. The molecule has 4 N–H and O–H groups in total. The Morgan fingerprint density at radius 1 is 0.574 bits per heavy atom. The van der Waals surface area contributed by atoms with Gasteiger partial charge in [0.05, 0.1) is 13.2 Å². The van der Waals surface area contributed by atoms with Crippen molar-refractivity contribution in [2.24, 2.45) is 0 Å². The predicted octanol–water partition coefficient (Wildman–Crippen LogP) is 10.4. The summed E-state index contributed by atoms with van der Waals surface area (Å²) < 4.78 is 5.91. The molecule has 0 aliphatic carbocycles. The molecular formula is C45H78N2O7. The maximum atomic E-state index is 12.7. The van der Waals surface area contributed by atoms with Gasteiger partial charge in [-0.05, 0) is 83.1 Å². The van der Waals surface area contributed by atoms with E-state index in [2.05, 4.69) is 67.0 Å². The minimum absolute atomic E-state index is 0.124. The lowest BCUT2D eigenvalue weighted by Gasteiger charge is -2.15. The second kappa shape index (κ2) is 39.5. The van der Waals surface area contributed by atoms with Gasteiger partial charge in [-0.15, -0.1) is 0 Å². The van der Waals surface area contributed by atoms with Crippen molar-refractivity contribution in [2.75, 3.05) is 13.2 Å². The van der Waals surface area contributed by atoms with E-state index in [9.17, 15) is 19.2 Å². The summed E-state index contributed by atoms with van der Waals surface area (Å²) >= 11 is 0. The maximum absolute atomic E-state index is 12.7. The zero-order valence-corrected chi connectivity index (χ0v) is 34.2. The number of allylic oxidation sites excluding steroid dienone is 7. The molecule has 9 heteroatoms. The first-order valence-corrected chi connectivity index (χ1v) is 21.5. The van der Waals surface area contributed by atoms with Gasteiger partial charge in [0.25, 0.3) is 0 Å². The summed E-state index contributed by atoms with van der Waals surface area (Å²) in [5, 5.41) is 22.5. The summed E-state index contributed by atoms with van der Waals surface area (Å²) in [7, 11) is 0. The van der Waals surface area contributed by atoms with Gasteiger partial charge in [0.2, 0.25) is 11.8 Å². The topological polar surface area (TPSA) is 142 Å². The van der Waals surface area contributed by atoms with E-state index in [4.69, 9.17) is 14.9 Å². The fraction of sp³-hybridized carbons (Fsp3) is 0.733. The van der Waals surface area contributed by atoms with Crippen molar-refractivity contribution in [1.29, 1.82) is 0 Å². The number of aliphatic hydroxyl groups excluding tert-OH is 1. The molecule has 0 rings (SSSR count). The summed E-state index contributed by atoms with van der Waals surface area (Å²) in [6, 6.07) is -1.39. The van der Waals surface area contributed by atoms with Gasteiger partial charge in [-0.1, -0.05) is 140 Å². The van der Waals surface area contributed by atoms with E-state index in [1.54, 1.807) is 0 Å². The number of hydrogen-bond acceptors (Lipinski definition) is 6. The second-order valence-corrected chi connectivity index (χ2v) is 14.4. The number of carboxylic acid groups (broad SMARTS) is 1. The Kier molecular flexibility index (Phi) is 37.2. The smallest absolute Gasteiger partial charge is 0.328 e. The van der Waals surface area contributed by atoms with Crippen molar-refractivity contribution >= 4 is 23.8 Å². The zero-order valence-electron chi connectivity index (χ0n) is 34.2. The van der Waals surface area contributed by atoms with Crippen LogP contribution in [0.15, 0.2) is 48.6 Å². The van der Waals surface area contributed by atoms with E-state index in [1.165, 1.54) is 77.0 Å². The number of carboxylic acids is 1. The van der Waals surface area contributed by atoms with Crippen LogP contribution in [-0.4, -0.2) is 59.3 Å². The predicted molar refractivity (Wildman–Crippen MR) is 222 cm³/mol. The molecule has 0 heterocycles. The number of ether oxygens (including phenoxy) is 1. The summed E-state index contributed by atoms with van der Waals surface area (Å²) in [6.45, 7) is 3.42. The first-order valence-electron chi connectivity index (χ1n) is 21.5. The highest BCUT2D eigenvalue weighted by atomic mass is 16.5. The van der Waals surface area contributed by atoms with Gasteiger partial charge in [-0.2, -0.15) is 0 Å². The van der Waals surface area contributed by atoms with Crippen molar-refractivity contribution in [3.63, 3.8) is 0 Å². The average Bonchev–Trinajstić information content (AvgIpc) is 3.15. The third-order valence-corrected chi connectivity index (χ3v) is 9.28. The molecule has 2 amide bonds. The lowest BCUT2D eigenvalue weighted by Crippen LogP contribution is -2.47. The highest BCUT2D eigenvalue weighted by molar-refractivity contribution is 5.87. The quantitative estimate of drug-likeness (QED) is 0.0279. The second-order valence-electron chi connectivity index (χ2n) is 14.4. The number of aliphatic carboxylic acids is 1. The number of unbranched alkanes of at least 4 members (excludes halogenated alkanes) is 18. The lowest BCUT2D eigenvalue weighted by molar-refractivity contribution is -0.147. The number of amides is 2. The minimum atomic E-state index is -1.39. The fourth-order valence-corrected chi connectivity index (χ4v) is 5.93. The van der Waals surface area contributed by atoms with Crippen LogP contribution in [-0.2, 0) is 23.9 Å². The summed E-state index contributed by atoms with van der Waals surface area (Å²) in [5.74, 6) is -2.40. The molecule has 2 atom stereocenters. The van der Waals surface area contributed by atoms with Gasteiger partial charge in [-0.3, -0.25) is 14.4 Å². The molecule has 0 aromatic carbocycles. The van der Waals surface area contributed by atoms with Crippen LogP contribution in [0.2, 0.25) is 0 Å². The van der Waals surface area contributed by atoms with E-state index in [0.29, 0.717) is 12.8 Å². The highest BCUT2D eigenvalue weighted by Gasteiger charge is 2.18. The summed E-state index contributed by atoms with van der Waals surface area (Å²) in [4.78, 5) is 47.5. The SMILES string of the molecule is CCCCC/C=C\C/C=C\C/C=C\C(CCCCCCCC(=O)NCC(=O)NC(CO)C(=O)O)OC(=O)CCCCCCC/C=C\CCCCCCCC. The Hall–Kier alpha value is -3.20. The highest BCUT2D eigenvalue weighted by Crippen LogP contribution is 2.15. The van der Waals surface area contributed by atoms with Crippen LogP contribution >= 0.6 is 0 Å². The third kappa shape index (κ3) is 35.8. The van der Waals surface area contributed by atoms with Crippen molar-refractivity contribution in [3.8, 4) is 0 Å². The van der Waals surface area contributed by atoms with Gasteiger partial charge in [-0.25, -0.2) is 4.79 Å². The fourth-order valence-electron chi connectivity index (χ4n) is 5.93. The van der Waals surface area contributed by atoms with E-state index in [-0.39, 0.29) is 30.9 Å². The first kappa shape index (κ1) is 50.8. The molecule has 0 spiro atoms. The largest absolute Gasteiger partial charge is 0.480 e. The molecule has 0 aliphatic heterocycles. The van der Waals surface area contributed by atoms with E-state index < -0.39 is 24.5 Å². The molecule has 9 nitrogen and oxygen atoms in total. The van der Waals surface area contributed by atoms with Gasteiger partial charge in [0, 0.05) is 12.8 Å². The monoisotopic (exact) mass is 759 g/mol. The Morgan fingerprint density at radius 3 is 1.67 bits per heavy atom. The molecule has 0 aromatic heterocycles. The normalized spacial score (nSPS) is 12.9. The van der Waals surface area contributed by atoms with Crippen LogP contribution in [0.1, 0.15) is 187 Å². The Labute approximate surface area is 328 Å². The van der Waals surface area contributed by atoms with Crippen LogP contribution in [0.5, 0.6) is 0 Å². The molecule has 54 heavy (non-hydrogen) atoms. The van der Waals surface area contributed by atoms with E-state index in [1.807, 2.05) is 6.08 Å². The van der Waals surface area contributed by atoms with Gasteiger partial charge >= 0.3 is 11.9 Å². The Balaban J connectivity index is 4.42. The maximum Gasteiger partial charge on any atom is 0.328 e. The summed E-state index contributed by atoms with van der Waals surface area (Å²) in [5.41, 5.74) is 0. The molecule has 0 aromatic rings. The van der Waals surface area contributed by atoms with Crippen LogP contribution in [0.25, 0.3) is 0 Å². The van der Waals surface area contributed by atoms with Crippen LogP contribution < -0.4 is 10.6 Å².